The average Bonchev–Trinajstić information content (AvgIpc) is 3.11. The summed E-state index contributed by atoms with van der Waals surface area (Å²) in [7, 11) is 0. The SMILES string of the molecule is C[C@H](c1cccc(C(=O)O)c1)N1C(=O)[C@@H]2C[C@H]1CN2C[C@H](C)C(=O)N1C2C[C@H]2C[C@H]1C#N. The zero-order valence-electron chi connectivity index (χ0n) is 18.3. The van der Waals surface area contributed by atoms with Crippen molar-refractivity contribution < 1.29 is 19.5 Å². The molecule has 32 heavy (non-hydrogen) atoms. The number of carbonyl (C=O) groups excluding carboxylic acids is 2. The van der Waals surface area contributed by atoms with Gasteiger partial charge in [-0.1, -0.05) is 19.1 Å². The van der Waals surface area contributed by atoms with Crippen LogP contribution in [-0.2, 0) is 9.59 Å². The number of carboxylic acid groups (broad SMARTS) is 1. The number of carbonyl (C=O) groups is 3. The standard InChI is InChI=1S/C24H28N4O4/c1-13(22(29)28-18(10-25)7-17-8-20(17)28)11-26-12-19-9-21(26)23(30)27(19)14(2)15-4-3-5-16(6-15)24(31)32/h3-6,13-14,17-21H,7-9,11-12H2,1-2H3,(H,31,32)/t13-,14+,17+,18-,19-,20?,21-/m0/s1. The van der Waals surface area contributed by atoms with Crippen molar-refractivity contribution in [3.63, 3.8) is 0 Å². The van der Waals surface area contributed by atoms with Crippen molar-refractivity contribution in [1.29, 1.82) is 5.26 Å². The zero-order chi connectivity index (χ0) is 22.7. The van der Waals surface area contributed by atoms with E-state index in [9.17, 15) is 24.8 Å². The molecule has 168 valence electrons. The predicted octanol–water partition coefficient (Wildman–Crippen LogP) is 1.88. The molecule has 3 saturated heterocycles. The summed E-state index contributed by atoms with van der Waals surface area (Å²) in [5, 5.41) is 18.7. The average molecular weight is 437 g/mol. The van der Waals surface area contributed by atoms with Crippen LogP contribution in [0.5, 0.6) is 0 Å². The molecule has 0 radical (unpaired) electrons. The van der Waals surface area contributed by atoms with Crippen molar-refractivity contribution in [2.45, 2.75) is 63.3 Å². The summed E-state index contributed by atoms with van der Waals surface area (Å²) in [6.07, 6.45) is 2.54. The smallest absolute Gasteiger partial charge is 0.335 e. The monoisotopic (exact) mass is 436 g/mol. The molecule has 5 rings (SSSR count). The number of benzene rings is 1. The molecule has 3 aliphatic heterocycles. The third-order valence-electron chi connectivity index (χ3n) is 7.79. The lowest BCUT2D eigenvalue weighted by Gasteiger charge is -2.38. The van der Waals surface area contributed by atoms with Crippen LogP contribution in [-0.4, -0.2) is 74.8 Å². The summed E-state index contributed by atoms with van der Waals surface area (Å²) in [5.41, 5.74) is 1.03. The van der Waals surface area contributed by atoms with E-state index in [2.05, 4.69) is 11.0 Å². The molecule has 1 aromatic rings. The van der Waals surface area contributed by atoms with Crippen LogP contribution >= 0.6 is 0 Å². The number of rotatable bonds is 6. The Balaban J connectivity index is 1.24. The van der Waals surface area contributed by atoms with Gasteiger partial charge in [-0.05, 0) is 49.8 Å². The van der Waals surface area contributed by atoms with E-state index in [4.69, 9.17) is 0 Å². The predicted molar refractivity (Wildman–Crippen MR) is 114 cm³/mol. The molecule has 0 spiro atoms. The molecule has 2 bridgehead atoms. The lowest BCUT2D eigenvalue weighted by Crippen LogP contribution is -2.53. The first-order valence-corrected chi connectivity index (χ1v) is 11.4. The molecular formula is C24H28N4O4. The maximum atomic E-state index is 13.2. The number of nitriles is 1. The molecule has 8 heteroatoms. The van der Waals surface area contributed by atoms with Gasteiger partial charge in [0.15, 0.2) is 0 Å². The number of hydrogen-bond donors (Lipinski definition) is 1. The number of nitrogens with zero attached hydrogens (tertiary/aromatic N) is 4. The molecule has 2 amide bonds. The van der Waals surface area contributed by atoms with Crippen LogP contribution in [0.25, 0.3) is 0 Å². The van der Waals surface area contributed by atoms with Gasteiger partial charge >= 0.3 is 5.97 Å². The Morgan fingerprint density at radius 2 is 2.03 bits per heavy atom. The van der Waals surface area contributed by atoms with Crippen molar-refractivity contribution in [2.24, 2.45) is 11.8 Å². The fourth-order valence-corrected chi connectivity index (χ4v) is 6.06. The van der Waals surface area contributed by atoms with Gasteiger partial charge in [-0.2, -0.15) is 5.26 Å². The number of piperidine rings is 1. The van der Waals surface area contributed by atoms with Gasteiger partial charge in [0, 0.05) is 31.1 Å². The van der Waals surface area contributed by atoms with Crippen molar-refractivity contribution >= 4 is 17.8 Å². The van der Waals surface area contributed by atoms with E-state index in [0.29, 0.717) is 19.0 Å². The van der Waals surface area contributed by atoms with Crippen LogP contribution in [0.1, 0.15) is 55.1 Å². The molecule has 1 aliphatic carbocycles. The zero-order valence-corrected chi connectivity index (χ0v) is 18.3. The Bertz CT molecular complexity index is 1020. The van der Waals surface area contributed by atoms with Crippen LogP contribution in [0.4, 0.5) is 0 Å². The van der Waals surface area contributed by atoms with E-state index < -0.39 is 5.97 Å². The highest BCUT2D eigenvalue weighted by Crippen LogP contribution is 2.48. The summed E-state index contributed by atoms with van der Waals surface area (Å²) < 4.78 is 0. The maximum absolute atomic E-state index is 13.2. The summed E-state index contributed by atoms with van der Waals surface area (Å²) in [6.45, 7) is 5.08. The lowest BCUT2D eigenvalue weighted by atomic mass is 10.0. The highest BCUT2D eigenvalue weighted by atomic mass is 16.4. The minimum absolute atomic E-state index is 0.0347. The van der Waals surface area contributed by atoms with Crippen molar-refractivity contribution in [3.05, 3.63) is 35.4 Å². The second-order valence-electron chi connectivity index (χ2n) is 9.80. The molecule has 4 aliphatic rings. The van der Waals surface area contributed by atoms with Crippen LogP contribution in [0.3, 0.4) is 0 Å². The number of piperazine rings is 1. The van der Waals surface area contributed by atoms with Gasteiger partial charge in [0.05, 0.1) is 23.7 Å². The molecule has 7 atom stereocenters. The third kappa shape index (κ3) is 3.27. The topological polar surface area (TPSA) is 105 Å². The summed E-state index contributed by atoms with van der Waals surface area (Å²) >= 11 is 0. The number of amides is 2. The minimum atomic E-state index is -0.979. The first-order valence-electron chi connectivity index (χ1n) is 11.4. The van der Waals surface area contributed by atoms with Crippen LogP contribution in [0.15, 0.2) is 24.3 Å². The number of likely N-dealkylation sites (tertiary alicyclic amines) is 3. The van der Waals surface area contributed by atoms with Crippen LogP contribution in [0, 0.1) is 23.2 Å². The van der Waals surface area contributed by atoms with E-state index in [1.54, 1.807) is 23.1 Å². The molecule has 1 N–H and O–H groups in total. The molecule has 1 saturated carbocycles. The summed E-state index contributed by atoms with van der Waals surface area (Å²) in [4.78, 5) is 43.4. The first kappa shape index (κ1) is 21.0. The van der Waals surface area contributed by atoms with Gasteiger partial charge in [0.1, 0.15) is 6.04 Å². The molecule has 1 unspecified atom stereocenters. The van der Waals surface area contributed by atoms with E-state index >= 15 is 0 Å². The largest absolute Gasteiger partial charge is 0.478 e. The van der Waals surface area contributed by atoms with Gasteiger partial charge < -0.3 is 14.9 Å². The van der Waals surface area contributed by atoms with Gasteiger partial charge in [-0.15, -0.1) is 0 Å². The Morgan fingerprint density at radius 3 is 2.72 bits per heavy atom. The van der Waals surface area contributed by atoms with Gasteiger partial charge in [-0.25, -0.2) is 4.79 Å². The van der Waals surface area contributed by atoms with Crippen molar-refractivity contribution in [2.75, 3.05) is 13.1 Å². The third-order valence-corrected chi connectivity index (χ3v) is 7.79. The van der Waals surface area contributed by atoms with Gasteiger partial charge in [0.25, 0.3) is 0 Å². The normalized spacial score (nSPS) is 32.5. The van der Waals surface area contributed by atoms with Crippen LogP contribution in [0.2, 0.25) is 0 Å². The Kier molecular flexibility index (Phi) is 4.97. The molecule has 4 fully saturated rings. The second-order valence-corrected chi connectivity index (χ2v) is 9.80. The maximum Gasteiger partial charge on any atom is 0.335 e. The number of hydrogen-bond acceptors (Lipinski definition) is 5. The fraction of sp³-hybridized carbons (Fsp3) is 0.583. The van der Waals surface area contributed by atoms with Crippen molar-refractivity contribution in [3.8, 4) is 6.07 Å². The van der Waals surface area contributed by atoms with E-state index in [1.807, 2.05) is 24.8 Å². The highest BCUT2D eigenvalue weighted by Gasteiger charge is 2.55. The molecular weight excluding hydrogens is 408 g/mol. The van der Waals surface area contributed by atoms with Crippen LogP contribution < -0.4 is 0 Å². The number of fused-ring (bicyclic) bond motifs is 3. The summed E-state index contributed by atoms with van der Waals surface area (Å²) in [5.74, 6) is -0.655. The quantitative estimate of drug-likeness (QED) is 0.730. The Morgan fingerprint density at radius 1 is 1.25 bits per heavy atom. The van der Waals surface area contributed by atoms with E-state index in [-0.39, 0.29) is 53.5 Å². The molecule has 1 aromatic carbocycles. The fourth-order valence-electron chi connectivity index (χ4n) is 6.06. The summed E-state index contributed by atoms with van der Waals surface area (Å²) in [6, 6.07) is 8.60. The molecule has 3 heterocycles. The Hall–Kier alpha value is -2.92. The molecule has 0 aromatic heterocycles. The minimum Gasteiger partial charge on any atom is -0.478 e. The number of aromatic carboxylic acids is 1. The Labute approximate surface area is 187 Å². The van der Waals surface area contributed by atoms with Gasteiger partial charge in [0.2, 0.25) is 11.8 Å². The van der Waals surface area contributed by atoms with E-state index in [0.717, 1.165) is 24.8 Å². The first-order chi connectivity index (χ1) is 15.3. The highest BCUT2D eigenvalue weighted by molar-refractivity contribution is 5.88. The van der Waals surface area contributed by atoms with E-state index in [1.165, 1.54) is 0 Å². The van der Waals surface area contributed by atoms with Crippen molar-refractivity contribution in [1.82, 2.24) is 14.7 Å². The molecule has 8 nitrogen and oxygen atoms in total. The lowest BCUT2D eigenvalue weighted by molar-refractivity contribution is -0.142. The van der Waals surface area contributed by atoms with Gasteiger partial charge in [-0.3, -0.25) is 14.5 Å². The number of carboxylic acids is 1. The second kappa shape index (κ2) is 7.59.